The fourth-order valence-corrected chi connectivity index (χ4v) is 4.07. The minimum Gasteiger partial charge on any atom is -0.484 e. The molecular weight excluding hydrogens is 340 g/mol. The number of benzene rings is 1. The third-order valence-electron chi connectivity index (χ3n) is 5.84. The lowest BCUT2D eigenvalue weighted by atomic mass is 9.92. The van der Waals surface area contributed by atoms with E-state index >= 15 is 0 Å². The van der Waals surface area contributed by atoms with Crippen molar-refractivity contribution in [1.82, 2.24) is 10.2 Å². The highest BCUT2D eigenvalue weighted by Crippen LogP contribution is 2.26. The van der Waals surface area contributed by atoms with Crippen LogP contribution in [-0.2, 0) is 22.4 Å². The number of carbonyl (C=O) groups excluding carboxylic acids is 2. The monoisotopic (exact) mass is 372 g/mol. The molecule has 0 radical (unpaired) electrons. The van der Waals surface area contributed by atoms with Gasteiger partial charge in [-0.3, -0.25) is 9.59 Å². The summed E-state index contributed by atoms with van der Waals surface area (Å²) >= 11 is 0. The Morgan fingerprint density at radius 3 is 2.85 bits per heavy atom. The van der Waals surface area contributed by atoms with E-state index in [4.69, 9.17) is 4.74 Å². The van der Waals surface area contributed by atoms with E-state index in [-0.39, 0.29) is 30.4 Å². The number of unbranched alkanes of at least 4 members (excludes halogenated alkanes) is 1. The first-order valence-corrected chi connectivity index (χ1v) is 10.4. The molecule has 0 saturated carbocycles. The van der Waals surface area contributed by atoms with Crippen LogP contribution in [0.3, 0.4) is 0 Å². The second-order valence-electron chi connectivity index (χ2n) is 7.89. The maximum absolute atomic E-state index is 12.7. The number of likely N-dealkylation sites (tertiary alicyclic amines) is 1. The predicted octanol–water partition coefficient (Wildman–Crippen LogP) is 3.10. The molecule has 1 aromatic carbocycles. The lowest BCUT2D eigenvalue weighted by molar-refractivity contribution is -0.140. The van der Waals surface area contributed by atoms with E-state index in [2.05, 4.69) is 31.3 Å². The zero-order valence-electron chi connectivity index (χ0n) is 16.6. The number of nitrogens with zero attached hydrogens (tertiary/aromatic N) is 1. The van der Waals surface area contributed by atoms with Crippen LogP contribution in [0.2, 0.25) is 0 Å². The van der Waals surface area contributed by atoms with Crippen LogP contribution in [0.25, 0.3) is 0 Å². The normalized spacial score (nSPS) is 21.6. The number of fused-ring (bicyclic) bond motifs is 1. The zero-order valence-corrected chi connectivity index (χ0v) is 16.6. The second kappa shape index (κ2) is 9.25. The predicted molar refractivity (Wildman–Crippen MR) is 106 cm³/mol. The molecule has 1 N–H and O–H groups in total. The van der Waals surface area contributed by atoms with E-state index in [1.54, 1.807) is 0 Å². The summed E-state index contributed by atoms with van der Waals surface area (Å²) in [5.74, 6) is 0.700. The molecule has 5 nitrogen and oxygen atoms in total. The first-order valence-electron chi connectivity index (χ1n) is 10.4. The van der Waals surface area contributed by atoms with Gasteiger partial charge in [0.25, 0.3) is 5.91 Å². The van der Waals surface area contributed by atoms with Crippen molar-refractivity contribution in [3.8, 4) is 5.75 Å². The van der Waals surface area contributed by atoms with E-state index in [1.165, 1.54) is 17.5 Å². The van der Waals surface area contributed by atoms with Crippen LogP contribution >= 0.6 is 0 Å². The van der Waals surface area contributed by atoms with Crippen LogP contribution in [0.4, 0.5) is 0 Å². The number of nitrogens with one attached hydrogen (secondary N) is 1. The van der Waals surface area contributed by atoms with Crippen LogP contribution in [0, 0.1) is 5.92 Å². The number of amides is 2. The molecule has 0 bridgehead atoms. The summed E-state index contributed by atoms with van der Waals surface area (Å²) in [6, 6.07) is 6.30. The molecule has 0 spiro atoms. The highest BCUT2D eigenvalue weighted by molar-refractivity contribution is 5.82. The molecule has 1 aromatic rings. The van der Waals surface area contributed by atoms with Gasteiger partial charge < -0.3 is 15.0 Å². The van der Waals surface area contributed by atoms with Gasteiger partial charge in [-0.2, -0.15) is 0 Å². The van der Waals surface area contributed by atoms with Crippen LogP contribution in [0.5, 0.6) is 5.75 Å². The Morgan fingerprint density at radius 2 is 2.04 bits per heavy atom. The fraction of sp³-hybridized carbons (Fsp3) is 0.636. The van der Waals surface area contributed by atoms with Gasteiger partial charge >= 0.3 is 0 Å². The molecule has 1 fully saturated rings. The van der Waals surface area contributed by atoms with Gasteiger partial charge in [0.1, 0.15) is 5.75 Å². The maximum Gasteiger partial charge on any atom is 0.260 e. The molecule has 5 heteroatoms. The third kappa shape index (κ3) is 5.02. The van der Waals surface area contributed by atoms with Crippen LogP contribution in [-0.4, -0.2) is 42.5 Å². The Balaban J connectivity index is 1.52. The molecule has 2 atom stereocenters. The summed E-state index contributed by atoms with van der Waals surface area (Å²) in [5, 5.41) is 3.00. The molecule has 0 aromatic heterocycles. The zero-order chi connectivity index (χ0) is 19.2. The van der Waals surface area contributed by atoms with Gasteiger partial charge in [-0.1, -0.05) is 19.4 Å². The number of hydrogen-bond acceptors (Lipinski definition) is 3. The van der Waals surface area contributed by atoms with E-state index in [9.17, 15) is 9.59 Å². The van der Waals surface area contributed by atoms with Gasteiger partial charge in [0.15, 0.2) is 6.61 Å². The number of carbonyl (C=O) groups is 2. The van der Waals surface area contributed by atoms with Crippen LogP contribution in [0.15, 0.2) is 18.2 Å². The number of piperidine rings is 1. The number of aryl methyl sites for hydroxylation is 2. The van der Waals surface area contributed by atoms with Gasteiger partial charge in [-0.25, -0.2) is 0 Å². The number of hydrogen-bond donors (Lipinski definition) is 1. The van der Waals surface area contributed by atoms with E-state index < -0.39 is 0 Å². The summed E-state index contributed by atoms with van der Waals surface area (Å²) in [4.78, 5) is 26.9. The van der Waals surface area contributed by atoms with Gasteiger partial charge in [0, 0.05) is 19.1 Å². The second-order valence-corrected chi connectivity index (χ2v) is 7.89. The summed E-state index contributed by atoms with van der Waals surface area (Å²) in [5.41, 5.74) is 2.74. The van der Waals surface area contributed by atoms with Crippen molar-refractivity contribution in [3.05, 3.63) is 29.3 Å². The van der Waals surface area contributed by atoms with Crippen molar-refractivity contribution in [2.24, 2.45) is 5.92 Å². The largest absolute Gasteiger partial charge is 0.484 e. The third-order valence-corrected chi connectivity index (χ3v) is 5.84. The molecular formula is C22H32N2O3. The Morgan fingerprint density at radius 1 is 1.22 bits per heavy atom. The van der Waals surface area contributed by atoms with Crippen molar-refractivity contribution in [1.29, 1.82) is 0 Å². The molecule has 3 rings (SSSR count). The summed E-state index contributed by atoms with van der Waals surface area (Å²) in [7, 11) is 0. The van der Waals surface area contributed by atoms with Crippen molar-refractivity contribution in [2.45, 2.75) is 64.8 Å². The molecule has 2 aliphatic rings. The lowest BCUT2D eigenvalue weighted by Gasteiger charge is -2.37. The minimum absolute atomic E-state index is 0.0333. The van der Waals surface area contributed by atoms with E-state index in [0.717, 1.165) is 50.8 Å². The quantitative estimate of drug-likeness (QED) is 0.748. The first kappa shape index (κ1) is 19.7. The molecule has 2 unspecified atom stereocenters. The Hall–Kier alpha value is -2.04. The number of rotatable bonds is 7. The summed E-state index contributed by atoms with van der Waals surface area (Å²) in [6.07, 6.45) is 7.19. The van der Waals surface area contributed by atoms with E-state index in [1.807, 2.05) is 11.0 Å². The van der Waals surface area contributed by atoms with Crippen molar-refractivity contribution in [3.63, 3.8) is 0 Å². The van der Waals surface area contributed by atoms with Crippen LogP contribution < -0.4 is 10.1 Å². The summed E-state index contributed by atoms with van der Waals surface area (Å²) in [6.45, 7) is 5.41. The molecule has 148 valence electrons. The van der Waals surface area contributed by atoms with Crippen molar-refractivity contribution in [2.75, 3.05) is 19.7 Å². The Labute approximate surface area is 162 Å². The lowest BCUT2D eigenvalue weighted by Crippen LogP contribution is -2.50. The van der Waals surface area contributed by atoms with Gasteiger partial charge in [-0.05, 0) is 68.7 Å². The van der Waals surface area contributed by atoms with Crippen molar-refractivity contribution >= 4 is 11.8 Å². The average Bonchev–Trinajstić information content (AvgIpc) is 3.14. The molecule has 2 amide bonds. The topological polar surface area (TPSA) is 58.6 Å². The molecule has 27 heavy (non-hydrogen) atoms. The minimum atomic E-state index is -0.109. The van der Waals surface area contributed by atoms with Gasteiger partial charge in [-0.15, -0.1) is 0 Å². The van der Waals surface area contributed by atoms with Crippen LogP contribution in [0.1, 0.15) is 57.1 Å². The molecule has 1 saturated heterocycles. The Kier molecular flexibility index (Phi) is 6.75. The Bertz CT molecular complexity index is 674. The molecule has 1 heterocycles. The fourth-order valence-electron chi connectivity index (χ4n) is 4.07. The average molecular weight is 373 g/mol. The van der Waals surface area contributed by atoms with E-state index in [0.29, 0.717) is 6.54 Å². The highest BCUT2D eigenvalue weighted by atomic mass is 16.5. The molecule has 1 aliphatic carbocycles. The SMILES string of the molecule is CCCCNC(=O)C1CCC(C)N(C(=O)COc2ccc3c(c2)CCC3)C1. The van der Waals surface area contributed by atoms with Gasteiger partial charge in [0.2, 0.25) is 5.91 Å². The van der Waals surface area contributed by atoms with Crippen molar-refractivity contribution < 1.29 is 14.3 Å². The highest BCUT2D eigenvalue weighted by Gasteiger charge is 2.32. The standard InChI is InChI=1S/C22H32N2O3/c1-3-4-12-23-22(26)19-9-8-16(2)24(14-19)21(25)15-27-20-11-10-17-6-5-7-18(17)13-20/h10-11,13,16,19H,3-9,12,14-15H2,1-2H3,(H,23,26). The smallest absolute Gasteiger partial charge is 0.260 e. The summed E-state index contributed by atoms with van der Waals surface area (Å²) < 4.78 is 5.78. The number of ether oxygens (including phenoxy) is 1. The molecule has 1 aliphatic heterocycles. The first-order chi connectivity index (χ1) is 13.1. The maximum atomic E-state index is 12.7. The van der Waals surface area contributed by atoms with Gasteiger partial charge in [0.05, 0.1) is 5.92 Å².